The predicted molar refractivity (Wildman–Crippen MR) is 82.3 cm³/mol. The average molecular weight is 326 g/mol. The first-order valence-electron chi connectivity index (χ1n) is 8.26. The molecule has 0 N–H and O–H groups in total. The molecule has 8 heteroatoms. The number of rotatable bonds is 0. The topological polar surface area (TPSA) is 88.0 Å². The first kappa shape index (κ1) is 12.7. The molecule has 2 aromatic rings. The van der Waals surface area contributed by atoms with Gasteiger partial charge in [0.15, 0.2) is 0 Å². The molecule has 2 fully saturated rings. The molecule has 0 spiro atoms. The van der Waals surface area contributed by atoms with Crippen LogP contribution in [0.4, 0.5) is 0 Å². The molecule has 122 valence electrons. The molecule has 0 aromatic carbocycles. The summed E-state index contributed by atoms with van der Waals surface area (Å²) in [5.74, 6) is 0.276. The van der Waals surface area contributed by atoms with E-state index in [4.69, 9.17) is 0 Å². The Morgan fingerprint density at radius 3 is 1.04 bits per heavy atom. The second kappa shape index (κ2) is 3.71. The molecular weight excluding hydrogens is 312 g/mol. The van der Waals surface area contributed by atoms with E-state index in [0.29, 0.717) is 12.8 Å². The number of aromatic nitrogens is 4. The highest BCUT2D eigenvalue weighted by molar-refractivity contribution is 5.17. The van der Waals surface area contributed by atoms with E-state index in [-0.39, 0.29) is 58.2 Å². The highest BCUT2D eigenvalue weighted by atomic mass is 16.2. The van der Waals surface area contributed by atoms with Gasteiger partial charge in [-0.1, -0.05) is 0 Å². The third-order valence-corrected chi connectivity index (χ3v) is 6.55. The van der Waals surface area contributed by atoms with Crippen LogP contribution in [0, 0.1) is 11.8 Å². The normalized spacial score (nSPS) is 36.7. The van der Waals surface area contributed by atoms with Crippen LogP contribution in [0.3, 0.4) is 0 Å². The molecule has 0 saturated heterocycles. The standard InChI is InChI=1S/C16H14N4O4/c21-11-1-2-12(22)18-8-6-10-16-9(5-7(15(8)16)17(11)18)19-13(23)3-4-14(24)20(10)19/h1-4,7-10,15-16H,5-6H2. The molecule has 2 aromatic heterocycles. The Morgan fingerprint density at radius 2 is 0.792 bits per heavy atom. The van der Waals surface area contributed by atoms with E-state index in [9.17, 15) is 19.2 Å². The van der Waals surface area contributed by atoms with Gasteiger partial charge in [0.25, 0.3) is 22.2 Å². The van der Waals surface area contributed by atoms with Crippen LogP contribution in [-0.4, -0.2) is 18.7 Å². The van der Waals surface area contributed by atoms with Gasteiger partial charge in [0.2, 0.25) is 0 Å². The van der Waals surface area contributed by atoms with Gasteiger partial charge in [0, 0.05) is 36.1 Å². The zero-order chi connectivity index (χ0) is 16.3. The Balaban J connectivity index is 1.65. The lowest BCUT2D eigenvalue weighted by atomic mass is 9.93. The van der Waals surface area contributed by atoms with Gasteiger partial charge in [0.1, 0.15) is 0 Å². The minimum atomic E-state index is -0.164. The minimum Gasteiger partial charge on any atom is -0.268 e. The molecule has 4 aliphatic rings. The minimum absolute atomic E-state index is 0.0626. The Morgan fingerprint density at radius 1 is 0.542 bits per heavy atom. The molecule has 0 bridgehead atoms. The molecule has 2 aliphatic heterocycles. The highest BCUT2D eigenvalue weighted by Gasteiger charge is 2.65. The fourth-order valence-electron chi connectivity index (χ4n) is 6.02. The molecular formula is C16H14N4O4. The van der Waals surface area contributed by atoms with E-state index in [1.54, 1.807) is 18.7 Å². The summed E-state index contributed by atoms with van der Waals surface area (Å²) in [5.41, 5.74) is -0.654. The zero-order valence-electron chi connectivity index (χ0n) is 12.6. The van der Waals surface area contributed by atoms with Crippen molar-refractivity contribution in [1.29, 1.82) is 0 Å². The van der Waals surface area contributed by atoms with E-state index in [0.717, 1.165) is 0 Å². The lowest BCUT2D eigenvalue weighted by Gasteiger charge is -2.19. The molecule has 24 heavy (non-hydrogen) atoms. The van der Waals surface area contributed by atoms with Gasteiger partial charge in [0.05, 0.1) is 24.2 Å². The summed E-state index contributed by atoms with van der Waals surface area (Å²) in [6.45, 7) is 0. The van der Waals surface area contributed by atoms with Crippen molar-refractivity contribution < 1.29 is 0 Å². The molecule has 2 saturated carbocycles. The van der Waals surface area contributed by atoms with E-state index < -0.39 is 0 Å². The van der Waals surface area contributed by atoms with E-state index in [1.807, 2.05) is 0 Å². The zero-order valence-corrected chi connectivity index (χ0v) is 12.6. The van der Waals surface area contributed by atoms with E-state index in [1.165, 1.54) is 24.3 Å². The van der Waals surface area contributed by atoms with Crippen LogP contribution >= 0.6 is 0 Å². The lowest BCUT2D eigenvalue weighted by molar-refractivity contribution is 0.340. The van der Waals surface area contributed by atoms with Crippen LogP contribution in [0.1, 0.15) is 37.0 Å². The summed E-state index contributed by atoms with van der Waals surface area (Å²) in [6.07, 6.45) is 1.24. The number of hydrogen-bond acceptors (Lipinski definition) is 4. The smallest absolute Gasteiger partial charge is 0.265 e. The van der Waals surface area contributed by atoms with Gasteiger partial charge in [-0.25, -0.2) is 18.7 Å². The second-order valence-electron chi connectivity index (χ2n) is 7.29. The lowest BCUT2D eigenvalue weighted by Crippen LogP contribution is -2.39. The van der Waals surface area contributed by atoms with Crippen LogP contribution in [0.15, 0.2) is 43.4 Å². The van der Waals surface area contributed by atoms with Gasteiger partial charge < -0.3 is 0 Å². The summed E-state index contributed by atoms with van der Waals surface area (Å²) < 4.78 is 6.40. The van der Waals surface area contributed by atoms with Crippen molar-refractivity contribution in [3.8, 4) is 0 Å². The van der Waals surface area contributed by atoms with E-state index in [2.05, 4.69) is 0 Å². The third kappa shape index (κ3) is 1.15. The van der Waals surface area contributed by atoms with Gasteiger partial charge in [-0.3, -0.25) is 19.2 Å². The quantitative estimate of drug-likeness (QED) is 0.638. The fourth-order valence-corrected chi connectivity index (χ4v) is 6.02. The molecule has 0 amide bonds. The first-order valence-corrected chi connectivity index (χ1v) is 8.26. The Kier molecular flexibility index (Phi) is 1.97. The number of nitrogens with zero attached hydrogens (tertiary/aromatic N) is 4. The molecule has 4 unspecified atom stereocenters. The van der Waals surface area contributed by atoms with Crippen LogP contribution in [0.2, 0.25) is 0 Å². The van der Waals surface area contributed by atoms with Crippen molar-refractivity contribution >= 4 is 0 Å². The van der Waals surface area contributed by atoms with Crippen molar-refractivity contribution in [3.05, 3.63) is 65.7 Å². The fraction of sp³-hybridized carbons (Fsp3) is 0.500. The first-order chi connectivity index (χ1) is 11.6. The highest BCUT2D eigenvalue weighted by Crippen LogP contribution is 2.66. The number of fused-ring (bicyclic) bond motifs is 6. The average Bonchev–Trinajstić information content (AvgIpc) is 3.24. The Bertz CT molecular complexity index is 975. The van der Waals surface area contributed by atoms with Crippen LogP contribution in [0.5, 0.6) is 0 Å². The SMILES string of the molecule is O=c1ccc(=O)n2n1C1CC3C4C1C2CC4n1c(=O)ccc(=O)n13. The van der Waals surface area contributed by atoms with Crippen molar-refractivity contribution in [2.45, 2.75) is 37.0 Å². The summed E-state index contributed by atoms with van der Waals surface area (Å²) in [5, 5.41) is 0. The molecule has 2 aliphatic carbocycles. The van der Waals surface area contributed by atoms with Crippen LogP contribution in [0.25, 0.3) is 0 Å². The Labute approximate surface area is 134 Å². The Hall–Kier alpha value is -2.64. The summed E-state index contributed by atoms with van der Waals surface area (Å²) in [4.78, 5) is 49.3. The molecule has 4 atom stereocenters. The maximum atomic E-state index is 12.3. The molecule has 8 nitrogen and oxygen atoms in total. The number of hydrogen-bond donors (Lipinski definition) is 0. The summed E-state index contributed by atoms with van der Waals surface area (Å²) in [7, 11) is 0. The van der Waals surface area contributed by atoms with Crippen molar-refractivity contribution in [3.63, 3.8) is 0 Å². The van der Waals surface area contributed by atoms with Gasteiger partial charge in [-0.2, -0.15) is 0 Å². The maximum Gasteiger partial charge on any atom is 0.265 e. The van der Waals surface area contributed by atoms with Crippen LogP contribution in [-0.2, 0) is 0 Å². The van der Waals surface area contributed by atoms with Gasteiger partial charge >= 0.3 is 0 Å². The second-order valence-corrected chi connectivity index (χ2v) is 7.29. The molecule has 4 heterocycles. The molecule has 6 rings (SSSR count). The monoisotopic (exact) mass is 326 g/mol. The van der Waals surface area contributed by atoms with Gasteiger partial charge in [-0.05, 0) is 12.8 Å². The van der Waals surface area contributed by atoms with Crippen molar-refractivity contribution in [1.82, 2.24) is 18.7 Å². The van der Waals surface area contributed by atoms with E-state index >= 15 is 0 Å². The maximum absolute atomic E-state index is 12.3. The predicted octanol–water partition coefficient (Wildman–Crippen LogP) is -0.735. The molecule has 0 radical (unpaired) electrons. The summed E-state index contributed by atoms with van der Waals surface area (Å²) >= 11 is 0. The van der Waals surface area contributed by atoms with Crippen LogP contribution < -0.4 is 22.2 Å². The largest absolute Gasteiger partial charge is 0.268 e. The van der Waals surface area contributed by atoms with Gasteiger partial charge in [-0.15, -0.1) is 0 Å². The van der Waals surface area contributed by atoms with Crippen molar-refractivity contribution in [2.75, 3.05) is 0 Å². The van der Waals surface area contributed by atoms with Crippen molar-refractivity contribution in [2.24, 2.45) is 11.8 Å². The third-order valence-electron chi connectivity index (χ3n) is 6.55. The summed E-state index contributed by atoms with van der Waals surface area (Å²) in [6, 6.07) is 5.07.